The van der Waals surface area contributed by atoms with Crippen LogP contribution in [-0.2, 0) is 21.2 Å². The Labute approximate surface area is 205 Å². The molecule has 1 amide bonds. The van der Waals surface area contributed by atoms with Gasteiger partial charge in [0.2, 0.25) is 10.0 Å². The van der Waals surface area contributed by atoms with E-state index in [1.165, 1.54) is 28.6 Å². The number of unbranched alkanes of at least 4 members (excludes halogenated alkanes) is 1. The fraction of sp³-hybridized carbons (Fsp3) is 0.500. The second-order valence-corrected chi connectivity index (χ2v) is 11.3. The zero-order valence-electron chi connectivity index (χ0n) is 20.3. The number of nitrogens with zero attached hydrogens (tertiary/aromatic N) is 3. The number of nitro benzene ring substituents is 1. The van der Waals surface area contributed by atoms with Gasteiger partial charge in [0.1, 0.15) is 5.60 Å². The number of nitro groups is 1. The van der Waals surface area contributed by atoms with E-state index in [0.29, 0.717) is 25.8 Å². The topological polar surface area (TPSA) is 132 Å². The van der Waals surface area contributed by atoms with Crippen molar-refractivity contribution in [3.8, 4) is 0 Å². The van der Waals surface area contributed by atoms with Gasteiger partial charge in [-0.15, -0.1) is 0 Å². The number of aromatic nitrogens is 1. The van der Waals surface area contributed by atoms with Crippen molar-refractivity contribution in [2.75, 3.05) is 13.1 Å². The standard InChI is InChI=1S/C24H32N4O6S/c1-24(2,3)34-23(29)26-15-4-5-17-27(21-10-6-8-18-9-7-16-25-22(18)21)35(32,33)20-13-11-19(12-14-20)28(30)31/h7,9,11-14,16,21H,4-6,8,10,15,17H2,1-3H3,(H,26,29)/t21-/m0/s1. The highest BCUT2D eigenvalue weighted by atomic mass is 32.2. The van der Waals surface area contributed by atoms with Gasteiger partial charge in [0.05, 0.1) is 21.6 Å². The van der Waals surface area contributed by atoms with Crippen molar-refractivity contribution < 1.29 is 22.9 Å². The van der Waals surface area contributed by atoms with Gasteiger partial charge in [-0.05, 0) is 76.6 Å². The largest absolute Gasteiger partial charge is 0.444 e. The van der Waals surface area contributed by atoms with Crippen LogP contribution < -0.4 is 5.32 Å². The number of sulfonamides is 1. The van der Waals surface area contributed by atoms with Crippen molar-refractivity contribution in [3.05, 3.63) is 64.0 Å². The highest BCUT2D eigenvalue weighted by molar-refractivity contribution is 7.89. The summed E-state index contributed by atoms with van der Waals surface area (Å²) in [6, 6.07) is 8.32. The number of benzene rings is 1. The third-order valence-corrected chi connectivity index (χ3v) is 7.56. The molecule has 0 fully saturated rings. The van der Waals surface area contributed by atoms with Crippen molar-refractivity contribution in [2.45, 2.75) is 69.4 Å². The zero-order chi connectivity index (χ0) is 25.6. The minimum atomic E-state index is -3.95. The monoisotopic (exact) mass is 504 g/mol. The number of non-ortho nitro benzene ring substituents is 1. The van der Waals surface area contributed by atoms with Gasteiger partial charge < -0.3 is 10.1 Å². The van der Waals surface area contributed by atoms with E-state index >= 15 is 0 Å². The van der Waals surface area contributed by atoms with Gasteiger partial charge >= 0.3 is 6.09 Å². The fourth-order valence-corrected chi connectivity index (χ4v) is 5.74. The van der Waals surface area contributed by atoms with Crippen LogP contribution in [0.2, 0.25) is 0 Å². The number of carbonyl (C=O) groups is 1. The lowest BCUT2D eigenvalue weighted by Gasteiger charge is -2.34. The molecule has 0 bridgehead atoms. The predicted octanol–water partition coefficient (Wildman–Crippen LogP) is 4.36. The molecule has 10 nitrogen and oxygen atoms in total. The Kier molecular flexibility index (Phi) is 8.44. The first kappa shape index (κ1) is 26.6. The molecule has 1 aliphatic rings. The quantitative estimate of drug-likeness (QED) is 0.305. The molecule has 35 heavy (non-hydrogen) atoms. The van der Waals surface area contributed by atoms with Crippen LogP contribution in [0.1, 0.15) is 63.8 Å². The van der Waals surface area contributed by atoms with Gasteiger partial charge in [0.25, 0.3) is 5.69 Å². The smallest absolute Gasteiger partial charge is 0.407 e. The molecular weight excluding hydrogens is 472 g/mol. The molecule has 0 saturated carbocycles. The summed E-state index contributed by atoms with van der Waals surface area (Å²) in [5, 5.41) is 13.7. The molecule has 190 valence electrons. The van der Waals surface area contributed by atoms with Crippen LogP contribution in [0.5, 0.6) is 0 Å². The Bertz CT molecular complexity index is 1150. The number of alkyl carbamates (subject to hydrolysis) is 1. The van der Waals surface area contributed by atoms with Crippen molar-refractivity contribution >= 4 is 21.8 Å². The van der Waals surface area contributed by atoms with E-state index in [0.717, 1.165) is 24.1 Å². The number of rotatable bonds is 9. The maximum atomic E-state index is 13.7. The second-order valence-electron chi connectivity index (χ2n) is 9.46. The number of amides is 1. The number of fused-ring (bicyclic) bond motifs is 1. The predicted molar refractivity (Wildman–Crippen MR) is 130 cm³/mol. The molecule has 1 N–H and O–H groups in total. The van der Waals surface area contributed by atoms with Crippen LogP contribution in [-0.4, -0.2) is 47.4 Å². The minimum Gasteiger partial charge on any atom is -0.444 e. The second kappa shape index (κ2) is 11.1. The first-order valence-corrected chi connectivity index (χ1v) is 13.1. The Balaban J connectivity index is 1.78. The summed E-state index contributed by atoms with van der Waals surface area (Å²) in [6.45, 7) is 5.91. The molecule has 11 heteroatoms. The van der Waals surface area contributed by atoms with Gasteiger partial charge in [-0.2, -0.15) is 4.31 Å². The van der Waals surface area contributed by atoms with E-state index in [9.17, 15) is 23.3 Å². The van der Waals surface area contributed by atoms with Crippen LogP contribution in [0.25, 0.3) is 0 Å². The summed E-state index contributed by atoms with van der Waals surface area (Å²) in [4.78, 5) is 26.8. The third kappa shape index (κ3) is 6.98. The summed E-state index contributed by atoms with van der Waals surface area (Å²) >= 11 is 0. The van der Waals surface area contributed by atoms with Crippen LogP contribution >= 0.6 is 0 Å². The van der Waals surface area contributed by atoms with E-state index in [4.69, 9.17) is 4.74 Å². The number of aryl methyl sites for hydroxylation is 1. The number of nitrogens with one attached hydrogen (secondary N) is 1. The van der Waals surface area contributed by atoms with Gasteiger partial charge in [-0.1, -0.05) is 6.07 Å². The molecule has 0 unspecified atom stereocenters. The van der Waals surface area contributed by atoms with Crippen LogP contribution in [0.3, 0.4) is 0 Å². The molecule has 1 heterocycles. The maximum absolute atomic E-state index is 13.7. The molecule has 1 atom stereocenters. The summed E-state index contributed by atoms with van der Waals surface area (Å²) < 4.78 is 34.1. The van der Waals surface area contributed by atoms with Gasteiger partial charge in [-0.25, -0.2) is 13.2 Å². The highest BCUT2D eigenvalue weighted by Crippen LogP contribution is 2.36. The summed E-state index contributed by atoms with van der Waals surface area (Å²) in [6.07, 6.45) is 4.50. The molecule has 0 saturated heterocycles. The summed E-state index contributed by atoms with van der Waals surface area (Å²) in [5.41, 5.74) is 1.00. The maximum Gasteiger partial charge on any atom is 0.407 e. The molecular formula is C24H32N4O6S. The van der Waals surface area contributed by atoms with Crippen LogP contribution in [0.4, 0.5) is 10.5 Å². The molecule has 0 spiro atoms. The molecule has 3 rings (SSSR count). The number of pyridine rings is 1. The molecule has 1 aromatic carbocycles. The van der Waals surface area contributed by atoms with Crippen molar-refractivity contribution in [3.63, 3.8) is 0 Å². The Morgan fingerprint density at radius 2 is 1.94 bits per heavy atom. The lowest BCUT2D eigenvalue weighted by molar-refractivity contribution is -0.384. The average molecular weight is 505 g/mol. The number of hydrogen-bond donors (Lipinski definition) is 1. The van der Waals surface area contributed by atoms with E-state index in [-0.39, 0.29) is 17.1 Å². The lowest BCUT2D eigenvalue weighted by atomic mass is 9.92. The molecule has 0 aliphatic heterocycles. The zero-order valence-corrected chi connectivity index (χ0v) is 21.1. The molecule has 1 aromatic heterocycles. The van der Waals surface area contributed by atoms with Crippen LogP contribution in [0.15, 0.2) is 47.5 Å². The number of carbonyl (C=O) groups excluding carboxylic acids is 1. The lowest BCUT2D eigenvalue weighted by Crippen LogP contribution is -2.38. The van der Waals surface area contributed by atoms with Crippen molar-refractivity contribution in [2.24, 2.45) is 0 Å². The summed E-state index contributed by atoms with van der Waals surface area (Å²) in [5.74, 6) is 0. The normalized spacial score (nSPS) is 15.9. The summed E-state index contributed by atoms with van der Waals surface area (Å²) in [7, 11) is -3.95. The first-order valence-electron chi connectivity index (χ1n) is 11.7. The molecule has 2 aromatic rings. The highest BCUT2D eigenvalue weighted by Gasteiger charge is 2.35. The van der Waals surface area contributed by atoms with E-state index < -0.39 is 32.7 Å². The van der Waals surface area contributed by atoms with E-state index in [1.807, 2.05) is 12.1 Å². The molecule has 1 aliphatic carbocycles. The van der Waals surface area contributed by atoms with E-state index in [1.54, 1.807) is 27.0 Å². The van der Waals surface area contributed by atoms with Gasteiger partial charge in [-0.3, -0.25) is 15.1 Å². The Morgan fingerprint density at radius 1 is 1.23 bits per heavy atom. The van der Waals surface area contributed by atoms with Crippen molar-refractivity contribution in [1.29, 1.82) is 0 Å². The van der Waals surface area contributed by atoms with Crippen molar-refractivity contribution in [1.82, 2.24) is 14.6 Å². The fourth-order valence-electron chi connectivity index (χ4n) is 4.08. The average Bonchev–Trinajstić information content (AvgIpc) is 2.80. The Hall–Kier alpha value is -3.05. The molecule has 0 radical (unpaired) electrons. The SMILES string of the molecule is CC(C)(C)OC(=O)NCCCCN([C@H]1CCCc2cccnc21)S(=O)(=O)c1ccc([N+](=O)[O-])cc1. The number of hydrogen-bond acceptors (Lipinski definition) is 7. The minimum absolute atomic E-state index is 0.00182. The van der Waals surface area contributed by atoms with Crippen LogP contribution in [0, 0.1) is 10.1 Å². The van der Waals surface area contributed by atoms with Gasteiger partial charge in [0, 0.05) is 31.4 Å². The number of ether oxygens (including phenoxy) is 1. The van der Waals surface area contributed by atoms with E-state index in [2.05, 4.69) is 10.3 Å². The Morgan fingerprint density at radius 3 is 2.60 bits per heavy atom. The first-order chi connectivity index (χ1) is 16.5. The van der Waals surface area contributed by atoms with Gasteiger partial charge in [0.15, 0.2) is 0 Å². The third-order valence-electron chi connectivity index (χ3n) is 5.64.